The van der Waals surface area contributed by atoms with E-state index in [0.717, 1.165) is 43.8 Å². The summed E-state index contributed by atoms with van der Waals surface area (Å²) in [7, 11) is 0. The molecule has 1 fully saturated rings. The summed E-state index contributed by atoms with van der Waals surface area (Å²) in [4.78, 5) is 23.0. The Morgan fingerprint density at radius 2 is 1.89 bits per heavy atom. The highest BCUT2D eigenvalue weighted by Gasteiger charge is 2.28. The third-order valence-electron chi connectivity index (χ3n) is 6.76. The predicted octanol–water partition coefficient (Wildman–Crippen LogP) is 2.89. The lowest BCUT2D eigenvalue weighted by Gasteiger charge is -2.26. The van der Waals surface area contributed by atoms with Crippen LogP contribution in [0.15, 0.2) is 24.5 Å². The minimum Gasteiger partial charge on any atom is -0.383 e. The molecule has 0 unspecified atom stereocenters. The van der Waals surface area contributed by atoms with Gasteiger partial charge in [-0.2, -0.15) is 5.10 Å². The van der Waals surface area contributed by atoms with E-state index in [1.807, 2.05) is 30.0 Å². The molecular formula is C26H33ClN8O3. The van der Waals surface area contributed by atoms with Crippen LogP contribution < -0.4 is 11.5 Å². The molecule has 4 N–H and O–H groups in total. The maximum absolute atomic E-state index is 12.0. The molecule has 1 saturated heterocycles. The highest BCUT2D eigenvalue weighted by Crippen LogP contribution is 2.41. The van der Waals surface area contributed by atoms with Gasteiger partial charge in [-0.3, -0.25) is 9.69 Å². The van der Waals surface area contributed by atoms with Crippen LogP contribution in [-0.4, -0.2) is 81.2 Å². The first kappa shape index (κ1) is 26.4. The van der Waals surface area contributed by atoms with E-state index in [1.54, 1.807) is 18.2 Å². The number of nitrogen functional groups attached to an aromatic ring is 1. The Labute approximate surface area is 225 Å². The van der Waals surface area contributed by atoms with Gasteiger partial charge in [0.2, 0.25) is 5.91 Å². The maximum atomic E-state index is 12.0. The largest absolute Gasteiger partial charge is 0.383 e. The quantitative estimate of drug-likeness (QED) is 0.325. The number of aromatic nitrogens is 5. The molecule has 202 valence electrons. The van der Waals surface area contributed by atoms with Crippen LogP contribution in [0.2, 0.25) is 5.02 Å². The van der Waals surface area contributed by atoms with E-state index in [1.165, 1.54) is 6.33 Å². The summed E-state index contributed by atoms with van der Waals surface area (Å²) in [6, 6.07) is 5.23. The number of nitrogens with zero attached hydrogens (tertiary/aromatic N) is 6. The first-order valence-corrected chi connectivity index (χ1v) is 13.0. The van der Waals surface area contributed by atoms with E-state index < -0.39 is 5.91 Å². The Morgan fingerprint density at radius 3 is 2.61 bits per heavy atom. The fourth-order valence-electron chi connectivity index (χ4n) is 4.81. The zero-order valence-electron chi connectivity index (χ0n) is 21.9. The zero-order valence-corrected chi connectivity index (χ0v) is 22.7. The number of hydrogen-bond acceptors (Lipinski definition) is 8. The van der Waals surface area contributed by atoms with Crippen molar-refractivity contribution in [3.8, 4) is 11.4 Å². The number of halogens is 1. The van der Waals surface area contributed by atoms with Crippen LogP contribution in [0, 0.1) is 0 Å². The molecule has 11 nitrogen and oxygen atoms in total. The summed E-state index contributed by atoms with van der Waals surface area (Å²) in [5.41, 5.74) is 14.6. The summed E-state index contributed by atoms with van der Waals surface area (Å²) in [6.07, 6.45) is 1.43. The van der Waals surface area contributed by atoms with Gasteiger partial charge in [0.1, 0.15) is 17.8 Å². The van der Waals surface area contributed by atoms with Crippen LogP contribution in [0.4, 0.5) is 5.82 Å². The lowest BCUT2D eigenvalue weighted by molar-refractivity contribution is 0.0197. The number of anilines is 1. The zero-order chi connectivity index (χ0) is 27.0. The van der Waals surface area contributed by atoms with Gasteiger partial charge in [0.25, 0.3) is 0 Å². The molecule has 1 aliphatic rings. The highest BCUT2D eigenvalue weighted by molar-refractivity contribution is 6.39. The summed E-state index contributed by atoms with van der Waals surface area (Å²) < 4.78 is 15.3. The number of primary amides is 1. The molecule has 38 heavy (non-hydrogen) atoms. The van der Waals surface area contributed by atoms with E-state index in [0.29, 0.717) is 58.6 Å². The number of nitrogens with two attached hydrogens (primary N) is 2. The lowest BCUT2D eigenvalue weighted by Crippen LogP contribution is -2.38. The summed E-state index contributed by atoms with van der Waals surface area (Å²) >= 11 is 7.02. The fourth-order valence-corrected chi connectivity index (χ4v) is 5.16. The monoisotopic (exact) mass is 540 g/mol. The van der Waals surface area contributed by atoms with Crippen LogP contribution in [-0.2, 0) is 21.6 Å². The van der Waals surface area contributed by atoms with Crippen molar-refractivity contribution in [2.24, 2.45) is 5.73 Å². The number of carbonyl (C=O) groups excluding carboxylic acids is 1. The molecule has 3 aromatic heterocycles. The van der Waals surface area contributed by atoms with Gasteiger partial charge in [0.05, 0.1) is 53.6 Å². The van der Waals surface area contributed by atoms with Gasteiger partial charge in [-0.05, 0) is 32.9 Å². The number of carbonyl (C=O) groups is 1. The van der Waals surface area contributed by atoms with Crippen LogP contribution in [0.5, 0.6) is 0 Å². The minimum atomic E-state index is -0.515. The SMILES string of the molecule is CC(C)(C)n1nc(-c2c(Cl)c3ccc(C(N)=O)cc3n2CCOCCN2CCOCC2)c2c(N)ncnc21. The average molecular weight is 541 g/mol. The van der Waals surface area contributed by atoms with Gasteiger partial charge in [-0.15, -0.1) is 0 Å². The van der Waals surface area contributed by atoms with E-state index in [-0.39, 0.29) is 5.54 Å². The second-order valence-electron chi connectivity index (χ2n) is 10.4. The number of ether oxygens (including phenoxy) is 2. The number of morpholine rings is 1. The van der Waals surface area contributed by atoms with E-state index in [2.05, 4.69) is 14.9 Å². The second kappa shape index (κ2) is 10.5. The molecule has 0 bridgehead atoms. The van der Waals surface area contributed by atoms with Crippen molar-refractivity contribution in [1.82, 2.24) is 29.2 Å². The van der Waals surface area contributed by atoms with Crippen molar-refractivity contribution in [2.75, 3.05) is 51.8 Å². The molecular weight excluding hydrogens is 508 g/mol. The number of rotatable bonds is 8. The average Bonchev–Trinajstić information content (AvgIpc) is 3.40. The smallest absolute Gasteiger partial charge is 0.248 e. The molecule has 5 rings (SSSR count). The third kappa shape index (κ3) is 4.94. The first-order chi connectivity index (χ1) is 18.2. The van der Waals surface area contributed by atoms with Crippen LogP contribution in [0.25, 0.3) is 33.3 Å². The van der Waals surface area contributed by atoms with E-state index in [4.69, 9.17) is 37.6 Å². The Morgan fingerprint density at radius 1 is 1.16 bits per heavy atom. The van der Waals surface area contributed by atoms with Crippen molar-refractivity contribution < 1.29 is 14.3 Å². The number of fused-ring (bicyclic) bond motifs is 2. The Bertz CT molecular complexity index is 1480. The molecule has 4 heterocycles. The minimum absolute atomic E-state index is 0.313. The van der Waals surface area contributed by atoms with Crippen molar-refractivity contribution in [1.29, 1.82) is 0 Å². The van der Waals surface area contributed by atoms with Gasteiger partial charge in [-0.1, -0.05) is 17.7 Å². The Balaban J connectivity index is 1.57. The molecule has 0 saturated carbocycles. The van der Waals surface area contributed by atoms with E-state index >= 15 is 0 Å². The van der Waals surface area contributed by atoms with Gasteiger partial charge in [0.15, 0.2) is 5.65 Å². The molecule has 0 atom stereocenters. The lowest BCUT2D eigenvalue weighted by atomic mass is 10.1. The van der Waals surface area contributed by atoms with Crippen LogP contribution in [0.3, 0.4) is 0 Å². The first-order valence-electron chi connectivity index (χ1n) is 12.7. The standard InChI is InChI=1S/C26H33ClN8O3/c1-26(2,3)35-25-19(23(28)30-15-31-25)21(32-35)22-20(27)17-5-4-16(24(29)36)14-18(17)34(22)9-13-38-12-8-33-6-10-37-11-7-33/h4-5,14-15H,6-13H2,1-3H3,(H2,29,36)(H2,28,30,31). The molecule has 12 heteroatoms. The molecule has 0 spiro atoms. The number of hydrogen-bond donors (Lipinski definition) is 2. The predicted molar refractivity (Wildman–Crippen MR) is 147 cm³/mol. The number of benzene rings is 1. The second-order valence-corrected chi connectivity index (χ2v) is 10.7. The topological polar surface area (TPSA) is 139 Å². The highest BCUT2D eigenvalue weighted by atomic mass is 35.5. The van der Waals surface area contributed by atoms with Crippen molar-refractivity contribution in [3.63, 3.8) is 0 Å². The molecule has 1 aliphatic heterocycles. The Kier molecular flexibility index (Phi) is 7.28. The third-order valence-corrected chi connectivity index (χ3v) is 7.14. The van der Waals surface area contributed by atoms with Crippen LogP contribution in [0.1, 0.15) is 31.1 Å². The molecule has 4 aromatic rings. The van der Waals surface area contributed by atoms with E-state index in [9.17, 15) is 4.79 Å². The van der Waals surface area contributed by atoms with Crippen molar-refractivity contribution in [2.45, 2.75) is 32.9 Å². The molecule has 0 aliphatic carbocycles. The van der Waals surface area contributed by atoms with Gasteiger partial charge in [-0.25, -0.2) is 14.6 Å². The van der Waals surface area contributed by atoms with Crippen molar-refractivity contribution in [3.05, 3.63) is 35.1 Å². The van der Waals surface area contributed by atoms with Crippen LogP contribution >= 0.6 is 11.6 Å². The maximum Gasteiger partial charge on any atom is 0.248 e. The Hall–Kier alpha value is -3.25. The molecule has 1 aromatic carbocycles. The fraction of sp³-hybridized carbons (Fsp3) is 0.462. The van der Waals surface area contributed by atoms with Gasteiger partial charge >= 0.3 is 0 Å². The molecule has 1 amide bonds. The molecule has 0 radical (unpaired) electrons. The van der Waals surface area contributed by atoms with Crippen molar-refractivity contribution >= 4 is 45.3 Å². The van der Waals surface area contributed by atoms with Gasteiger partial charge < -0.3 is 25.5 Å². The summed E-state index contributed by atoms with van der Waals surface area (Å²) in [6.45, 7) is 11.8. The normalized spacial score (nSPS) is 15.1. The number of amides is 1. The van der Waals surface area contributed by atoms with Gasteiger partial charge in [0, 0.05) is 37.1 Å². The summed E-state index contributed by atoms with van der Waals surface area (Å²) in [5.74, 6) is -0.202. The summed E-state index contributed by atoms with van der Waals surface area (Å²) in [5, 5.41) is 6.84.